The van der Waals surface area contributed by atoms with Crippen LogP contribution in [0.5, 0.6) is 0 Å². The van der Waals surface area contributed by atoms with E-state index in [0.29, 0.717) is 0 Å². The standard InChI is InChI=1S/C7H6N3/c1-5-6-3-2-4-8-7(6)10-9-5/h3-4H,1H3,(H,8,9,10). The maximum Gasteiger partial charge on any atom is 0.181 e. The van der Waals surface area contributed by atoms with Crippen molar-refractivity contribution >= 4 is 11.0 Å². The monoisotopic (exact) mass is 132 g/mol. The van der Waals surface area contributed by atoms with E-state index in [1.165, 1.54) is 0 Å². The highest BCUT2D eigenvalue weighted by Crippen LogP contribution is 2.09. The molecule has 0 bridgehead atoms. The maximum absolute atomic E-state index is 4.00. The third-order valence-electron chi connectivity index (χ3n) is 1.46. The van der Waals surface area contributed by atoms with Gasteiger partial charge in [0.25, 0.3) is 0 Å². The second kappa shape index (κ2) is 1.80. The van der Waals surface area contributed by atoms with Crippen molar-refractivity contribution in [2.75, 3.05) is 0 Å². The minimum absolute atomic E-state index is 0.760. The second-order valence-corrected chi connectivity index (χ2v) is 2.16. The van der Waals surface area contributed by atoms with Gasteiger partial charge < -0.3 is 0 Å². The molecule has 1 radical (unpaired) electrons. The highest BCUT2D eigenvalue weighted by Gasteiger charge is 1.98. The maximum atomic E-state index is 4.00. The molecule has 2 aromatic rings. The van der Waals surface area contributed by atoms with E-state index in [4.69, 9.17) is 0 Å². The minimum Gasteiger partial charge on any atom is -0.280 e. The number of rotatable bonds is 0. The third-order valence-corrected chi connectivity index (χ3v) is 1.46. The van der Waals surface area contributed by atoms with Crippen LogP contribution in [0.4, 0.5) is 0 Å². The molecule has 1 N–H and O–H groups in total. The van der Waals surface area contributed by atoms with Crippen molar-refractivity contribution in [1.82, 2.24) is 15.2 Å². The fourth-order valence-corrected chi connectivity index (χ4v) is 0.915. The number of pyridine rings is 1. The Morgan fingerprint density at radius 1 is 1.60 bits per heavy atom. The Kier molecular flexibility index (Phi) is 0.974. The van der Waals surface area contributed by atoms with Gasteiger partial charge in [0.1, 0.15) is 0 Å². The predicted molar refractivity (Wildman–Crippen MR) is 37.5 cm³/mol. The average Bonchev–Trinajstić information content (AvgIpc) is 2.34. The van der Waals surface area contributed by atoms with Gasteiger partial charge in [0.2, 0.25) is 0 Å². The van der Waals surface area contributed by atoms with Crippen LogP contribution in [0.2, 0.25) is 0 Å². The molecule has 3 nitrogen and oxygen atoms in total. The van der Waals surface area contributed by atoms with Gasteiger partial charge >= 0.3 is 0 Å². The van der Waals surface area contributed by atoms with Crippen molar-refractivity contribution in [2.45, 2.75) is 6.92 Å². The Labute approximate surface area is 58.1 Å². The molecule has 0 amide bonds. The Bertz CT molecular complexity index is 350. The van der Waals surface area contributed by atoms with E-state index in [9.17, 15) is 0 Å². The van der Waals surface area contributed by atoms with Crippen molar-refractivity contribution in [1.29, 1.82) is 0 Å². The van der Waals surface area contributed by atoms with Crippen LogP contribution in [0, 0.1) is 13.0 Å². The number of nitrogens with zero attached hydrogens (tertiary/aromatic N) is 2. The van der Waals surface area contributed by atoms with Crippen LogP contribution in [-0.4, -0.2) is 15.2 Å². The second-order valence-electron chi connectivity index (χ2n) is 2.16. The third kappa shape index (κ3) is 0.603. The zero-order valence-corrected chi connectivity index (χ0v) is 5.55. The van der Waals surface area contributed by atoms with Crippen LogP contribution in [-0.2, 0) is 0 Å². The van der Waals surface area contributed by atoms with Crippen molar-refractivity contribution in [2.24, 2.45) is 0 Å². The van der Waals surface area contributed by atoms with E-state index in [1.807, 2.05) is 13.0 Å². The first-order valence-corrected chi connectivity index (χ1v) is 3.05. The number of nitrogens with one attached hydrogen (secondary N) is 1. The molecule has 0 fully saturated rings. The summed E-state index contributed by atoms with van der Waals surface area (Å²) in [5, 5.41) is 7.85. The lowest BCUT2D eigenvalue weighted by Crippen LogP contribution is -1.72. The molecule has 0 atom stereocenters. The van der Waals surface area contributed by atoms with Gasteiger partial charge in [-0.25, -0.2) is 4.98 Å². The Morgan fingerprint density at radius 2 is 2.50 bits per heavy atom. The van der Waals surface area contributed by atoms with E-state index in [-0.39, 0.29) is 0 Å². The minimum atomic E-state index is 0.760. The zero-order chi connectivity index (χ0) is 6.97. The molecule has 0 saturated heterocycles. The average molecular weight is 132 g/mol. The molecule has 3 heteroatoms. The van der Waals surface area contributed by atoms with Gasteiger partial charge in [-0.2, -0.15) is 5.10 Å². The number of aryl methyl sites for hydroxylation is 1. The SMILES string of the molecule is Cc1[nH]nc2nc[c]cc12. The highest BCUT2D eigenvalue weighted by atomic mass is 15.1. The molecule has 49 valence electrons. The fraction of sp³-hybridized carbons (Fsp3) is 0.143. The molecule has 2 aromatic heterocycles. The lowest BCUT2D eigenvalue weighted by molar-refractivity contribution is 1.05. The topological polar surface area (TPSA) is 41.6 Å². The molecule has 0 aliphatic rings. The van der Waals surface area contributed by atoms with E-state index in [0.717, 1.165) is 16.7 Å². The molecular formula is C7H6N3. The van der Waals surface area contributed by atoms with E-state index in [1.54, 1.807) is 6.20 Å². The van der Waals surface area contributed by atoms with Crippen LogP contribution in [0.3, 0.4) is 0 Å². The summed E-state index contributed by atoms with van der Waals surface area (Å²) in [5.41, 5.74) is 1.80. The first-order chi connectivity index (χ1) is 4.88. The van der Waals surface area contributed by atoms with Gasteiger partial charge in [-0.1, -0.05) is 0 Å². The van der Waals surface area contributed by atoms with E-state index < -0.39 is 0 Å². The number of hydrogen-bond donors (Lipinski definition) is 1. The molecule has 0 saturated carbocycles. The first-order valence-electron chi connectivity index (χ1n) is 3.05. The summed E-state index contributed by atoms with van der Waals surface area (Å²) in [6.07, 6.45) is 1.61. The van der Waals surface area contributed by atoms with E-state index >= 15 is 0 Å². The van der Waals surface area contributed by atoms with Crippen molar-refractivity contribution in [3.05, 3.63) is 24.0 Å². The lowest BCUT2D eigenvalue weighted by atomic mass is 10.3. The van der Waals surface area contributed by atoms with Crippen LogP contribution in [0.15, 0.2) is 12.3 Å². The van der Waals surface area contributed by atoms with Gasteiger partial charge in [0.15, 0.2) is 5.65 Å². The molecule has 10 heavy (non-hydrogen) atoms. The number of aromatic nitrogens is 3. The van der Waals surface area contributed by atoms with Crippen LogP contribution < -0.4 is 0 Å². The first kappa shape index (κ1) is 5.41. The number of hydrogen-bond acceptors (Lipinski definition) is 2. The van der Waals surface area contributed by atoms with Crippen LogP contribution in [0.1, 0.15) is 5.69 Å². The Balaban J connectivity index is 2.93. The summed E-state index contributed by atoms with van der Waals surface area (Å²) in [7, 11) is 0. The van der Waals surface area contributed by atoms with Crippen molar-refractivity contribution < 1.29 is 0 Å². The Hall–Kier alpha value is -1.38. The fourth-order valence-electron chi connectivity index (χ4n) is 0.915. The normalized spacial score (nSPS) is 10.5. The Morgan fingerprint density at radius 3 is 3.30 bits per heavy atom. The quantitative estimate of drug-likeness (QED) is 0.582. The molecule has 0 aliphatic carbocycles. The number of aromatic amines is 1. The summed E-state index contributed by atoms with van der Waals surface area (Å²) in [5.74, 6) is 0. The van der Waals surface area contributed by atoms with Gasteiger partial charge in [-0.3, -0.25) is 5.10 Å². The predicted octanol–water partition coefficient (Wildman–Crippen LogP) is 1.07. The molecule has 0 unspecified atom stereocenters. The largest absolute Gasteiger partial charge is 0.280 e. The molecule has 2 heterocycles. The number of fused-ring (bicyclic) bond motifs is 1. The van der Waals surface area contributed by atoms with Gasteiger partial charge in [0, 0.05) is 23.3 Å². The summed E-state index contributed by atoms with van der Waals surface area (Å²) in [6.45, 7) is 1.96. The molecule has 0 aromatic carbocycles. The van der Waals surface area contributed by atoms with Gasteiger partial charge in [0.05, 0.1) is 0 Å². The van der Waals surface area contributed by atoms with Crippen molar-refractivity contribution in [3.63, 3.8) is 0 Å². The summed E-state index contributed by atoms with van der Waals surface area (Å²) < 4.78 is 0. The summed E-state index contributed by atoms with van der Waals surface area (Å²) in [6, 6.07) is 4.77. The van der Waals surface area contributed by atoms with Crippen LogP contribution >= 0.6 is 0 Å². The van der Waals surface area contributed by atoms with Gasteiger partial charge in [-0.15, -0.1) is 0 Å². The van der Waals surface area contributed by atoms with Crippen LogP contribution in [0.25, 0.3) is 11.0 Å². The molecular weight excluding hydrogens is 126 g/mol. The van der Waals surface area contributed by atoms with Crippen molar-refractivity contribution in [3.8, 4) is 0 Å². The molecule has 0 spiro atoms. The lowest BCUT2D eigenvalue weighted by Gasteiger charge is -1.83. The summed E-state index contributed by atoms with van der Waals surface area (Å²) in [4.78, 5) is 4.00. The number of H-pyrrole nitrogens is 1. The van der Waals surface area contributed by atoms with E-state index in [2.05, 4.69) is 21.2 Å². The highest BCUT2D eigenvalue weighted by molar-refractivity contribution is 5.76. The molecule has 2 rings (SSSR count). The van der Waals surface area contributed by atoms with Gasteiger partial charge in [-0.05, 0) is 13.0 Å². The zero-order valence-electron chi connectivity index (χ0n) is 5.55. The smallest absolute Gasteiger partial charge is 0.181 e. The summed E-state index contributed by atoms with van der Waals surface area (Å²) >= 11 is 0. The molecule has 0 aliphatic heterocycles.